The van der Waals surface area contributed by atoms with Gasteiger partial charge in [0, 0.05) is 36.6 Å². The number of hydrogen-bond donors (Lipinski definition) is 4. The fourth-order valence-corrected chi connectivity index (χ4v) is 10.9. The highest BCUT2D eigenvalue weighted by Crippen LogP contribution is 2.22. The van der Waals surface area contributed by atoms with Gasteiger partial charge < -0.3 is 35.0 Å². The fourth-order valence-electron chi connectivity index (χ4n) is 1.57. The quantitative estimate of drug-likeness (QED) is 0.0153. The first-order valence-corrected chi connectivity index (χ1v) is 23.7. The molecule has 0 aromatic carbocycles. The van der Waals surface area contributed by atoms with Gasteiger partial charge in [0.05, 0.1) is 35.4 Å². The number of aliphatic hydroxyl groups is 2. The number of aliphatic imine (C=N–C) groups is 2. The van der Waals surface area contributed by atoms with Crippen LogP contribution in [0.1, 0.15) is 0 Å². The number of rotatable bonds is 29. The number of ether oxygens (including phenoxy) is 1. The summed E-state index contributed by atoms with van der Waals surface area (Å²) >= 11 is 13.7. The molecule has 0 aliphatic carbocycles. The van der Waals surface area contributed by atoms with Crippen molar-refractivity contribution >= 4 is 152 Å². The molecule has 0 saturated heterocycles. The number of carbonyl (C=O) groups excluding carboxylic acids is 2. The minimum absolute atomic E-state index is 0.0250. The Morgan fingerprint density at radius 3 is 2.17 bits per heavy atom. The van der Waals surface area contributed by atoms with Crippen LogP contribution in [0, 0.1) is 0 Å². The minimum Gasteiger partial charge on any atom is -0.610 e. The molecule has 12 nitrogen and oxygen atoms in total. The first-order valence-electron chi connectivity index (χ1n) is 11.0. The van der Waals surface area contributed by atoms with Crippen LogP contribution < -0.4 is 10.6 Å². The summed E-state index contributed by atoms with van der Waals surface area (Å²) in [6, 6.07) is 0. The topological polar surface area (TPSA) is 174 Å². The Balaban J connectivity index is 3.39. The molecule has 0 bridgehead atoms. The zero-order valence-electron chi connectivity index (χ0n) is 21.8. The Bertz CT molecular complexity index is 680. The van der Waals surface area contributed by atoms with Crippen LogP contribution in [-0.2, 0) is 25.7 Å². The van der Waals surface area contributed by atoms with Crippen LogP contribution in [-0.4, -0.2) is 116 Å². The molecule has 240 valence electrons. The molecule has 41 heavy (non-hydrogen) atoms. The predicted molar refractivity (Wildman–Crippen MR) is 194 cm³/mol. The van der Waals surface area contributed by atoms with Crippen molar-refractivity contribution in [1.29, 1.82) is 0 Å². The van der Waals surface area contributed by atoms with Gasteiger partial charge in [-0.1, -0.05) is 35.3 Å². The molecule has 23 heteroatoms. The first-order chi connectivity index (χ1) is 20.1. The van der Waals surface area contributed by atoms with Gasteiger partial charge >= 0.3 is 6.09 Å². The van der Waals surface area contributed by atoms with Crippen LogP contribution in [0.15, 0.2) is 9.98 Å². The second-order valence-electron chi connectivity index (χ2n) is 5.97. The normalized spacial score (nSPS) is 12.2. The molecule has 1 unspecified atom stereocenters. The Morgan fingerprint density at radius 1 is 0.780 bits per heavy atom. The van der Waals surface area contributed by atoms with Crippen LogP contribution >= 0.6 is 118 Å². The average Bonchev–Trinajstić information content (AvgIpc) is 2.96. The molecule has 0 spiro atoms. The zero-order valence-corrected chi connectivity index (χ0v) is 30.8. The van der Waals surface area contributed by atoms with E-state index in [1.165, 1.54) is 47.2 Å². The van der Waals surface area contributed by atoms with Gasteiger partial charge in [0.2, 0.25) is 11.9 Å². The second kappa shape index (κ2) is 36.0. The Hall–Kier alpha value is 1.57. The number of carbonyl (C=O) groups is 2. The van der Waals surface area contributed by atoms with Gasteiger partial charge in [-0.2, -0.15) is 4.89 Å². The Morgan fingerprint density at radius 2 is 1.41 bits per heavy atom. The maximum atomic E-state index is 12.0. The largest absolute Gasteiger partial charge is 0.610 e. The summed E-state index contributed by atoms with van der Waals surface area (Å²) in [4.78, 5) is 40.7. The third kappa shape index (κ3) is 35.9. The lowest BCUT2D eigenvalue weighted by molar-refractivity contribution is -0.196. The van der Waals surface area contributed by atoms with E-state index in [4.69, 9.17) is 19.8 Å². The fraction of sp³-hybridized carbons (Fsp3) is 0.778. The summed E-state index contributed by atoms with van der Waals surface area (Å²) in [6.07, 6.45) is 0.704. The van der Waals surface area contributed by atoms with Crippen molar-refractivity contribution in [2.45, 2.75) is 0 Å². The number of nitrogens with one attached hydrogen (secondary N) is 2. The van der Waals surface area contributed by atoms with Crippen LogP contribution in [0.25, 0.3) is 0 Å². The highest BCUT2D eigenvalue weighted by atomic mass is 32.3. The summed E-state index contributed by atoms with van der Waals surface area (Å²) in [5.74, 6) is 2.22. The van der Waals surface area contributed by atoms with Gasteiger partial charge in [-0.3, -0.25) is 4.79 Å². The number of alkyl carbamates (subject to hydrolysis) is 1. The van der Waals surface area contributed by atoms with Gasteiger partial charge in [-0.15, -0.1) is 82.3 Å². The molecule has 0 saturated carbocycles. The minimum atomic E-state index is -1.11. The lowest BCUT2D eigenvalue weighted by Crippen LogP contribution is -2.23. The Kier molecular flexibility index (Phi) is 37.4. The maximum absolute atomic E-state index is 12.0. The van der Waals surface area contributed by atoms with E-state index in [2.05, 4.69) is 25.5 Å². The molecule has 0 fully saturated rings. The summed E-state index contributed by atoms with van der Waals surface area (Å²) in [5, 5.41) is 26.9. The van der Waals surface area contributed by atoms with Crippen molar-refractivity contribution in [2.24, 2.45) is 9.98 Å². The third-order valence-corrected chi connectivity index (χ3v) is 14.2. The Labute approximate surface area is 286 Å². The molecule has 0 aliphatic heterocycles. The molecular formula is C18H34N4O8S11. The van der Waals surface area contributed by atoms with E-state index in [0.29, 0.717) is 33.7 Å². The molecule has 2 amide bonds. The number of nitrogens with zero attached hydrogens (tertiary/aromatic N) is 2. The van der Waals surface area contributed by atoms with Gasteiger partial charge in [-0.05, 0) is 0 Å². The second-order valence-corrected chi connectivity index (χ2v) is 19.0. The molecule has 4 N–H and O–H groups in total. The monoisotopic (exact) mass is 786 g/mol. The highest BCUT2D eigenvalue weighted by Gasteiger charge is 2.04. The highest BCUT2D eigenvalue weighted by molar-refractivity contribution is 8.30. The van der Waals surface area contributed by atoms with Gasteiger partial charge in [0.25, 0.3) is 5.24 Å². The van der Waals surface area contributed by atoms with E-state index in [1.54, 1.807) is 70.6 Å². The predicted octanol–water partition coefficient (Wildman–Crippen LogP) is 4.90. The molecule has 1 atom stereocenters. The van der Waals surface area contributed by atoms with E-state index in [9.17, 15) is 14.1 Å². The lowest BCUT2D eigenvalue weighted by atomic mass is 11.1. The standard InChI is InChI=1S/C18H34N4O8S11/c23-7-35-9-28-17(25)21-4-33-12-32-3-20-6-41(27)16-39-14-37-13-38-15-40-18(26)22-5-34-11-31-2-19-1-29-30-10-36-8-24/h1,6,23-24H,2-5,7-16H2,(H,21,25)(H,22,26)/b19-1-,20-6+. The molecular weight excluding hydrogens is 753 g/mol. The van der Waals surface area contributed by atoms with Crippen LogP contribution in [0.2, 0.25) is 0 Å². The van der Waals surface area contributed by atoms with E-state index < -0.39 is 17.3 Å². The van der Waals surface area contributed by atoms with Crippen LogP contribution in [0.4, 0.5) is 9.59 Å². The number of aliphatic hydroxyl groups excluding tert-OH is 2. The molecule has 0 aliphatic rings. The first kappa shape index (κ1) is 42.6. The molecule has 0 radical (unpaired) electrons. The number of amides is 2. The van der Waals surface area contributed by atoms with Crippen LogP contribution in [0.3, 0.4) is 0 Å². The summed E-state index contributed by atoms with van der Waals surface area (Å²) in [6.45, 7) is 0. The summed E-state index contributed by atoms with van der Waals surface area (Å²) in [7, 11) is 0. The van der Waals surface area contributed by atoms with Crippen molar-refractivity contribution in [3.8, 4) is 0 Å². The summed E-state index contributed by atoms with van der Waals surface area (Å²) < 4.78 is 16.8. The van der Waals surface area contributed by atoms with Gasteiger partial charge in [0.15, 0.2) is 5.08 Å². The third-order valence-electron chi connectivity index (χ3n) is 3.07. The van der Waals surface area contributed by atoms with E-state index in [-0.39, 0.29) is 29.0 Å². The van der Waals surface area contributed by atoms with Crippen molar-refractivity contribution in [3.63, 3.8) is 0 Å². The molecule has 0 rings (SSSR count). The smallest absolute Gasteiger partial charge is 0.408 e. The molecule has 0 aromatic rings. The maximum Gasteiger partial charge on any atom is 0.408 e. The van der Waals surface area contributed by atoms with Gasteiger partial charge in [-0.25, -0.2) is 14.8 Å². The molecule has 0 heterocycles. The summed E-state index contributed by atoms with van der Waals surface area (Å²) in [5.41, 5.74) is 1.48. The lowest BCUT2D eigenvalue weighted by Gasteiger charge is -2.06. The van der Waals surface area contributed by atoms with Crippen molar-refractivity contribution in [2.75, 3.05) is 77.8 Å². The number of hydrogen-bond acceptors (Lipinski definition) is 20. The SMILES string of the molecule is O=C(NCSCSC/N=C/[S+]([O-])CSCSCSCSC(=O)NCSCSC/N=C\OOCSCO)OCSCO. The van der Waals surface area contributed by atoms with Crippen molar-refractivity contribution < 1.29 is 38.9 Å². The van der Waals surface area contributed by atoms with Gasteiger partial charge in [0.1, 0.15) is 11.9 Å². The van der Waals surface area contributed by atoms with E-state index in [0.717, 1.165) is 32.1 Å². The molecule has 0 aromatic heterocycles. The van der Waals surface area contributed by atoms with E-state index in [1.807, 2.05) is 0 Å². The number of thioether (sulfide) groups is 10. The van der Waals surface area contributed by atoms with Crippen LogP contribution in [0.5, 0.6) is 0 Å². The van der Waals surface area contributed by atoms with Crippen molar-refractivity contribution in [3.05, 3.63) is 0 Å². The zero-order chi connectivity index (χ0) is 30.1. The van der Waals surface area contributed by atoms with E-state index >= 15 is 0 Å². The average molecular weight is 787 g/mol. The van der Waals surface area contributed by atoms with Crippen molar-refractivity contribution in [1.82, 2.24) is 10.6 Å².